The van der Waals surface area contributed by atoms with Gasteiger partial charge in [0.25, 0.3) is 0 Å². The maximum absolute atomic E-state index is 5.99. The van der Waals surface area contributed by atoms with Gasteiger partial charge in [-0.3, -0.25) is 5.10 Å². The van der Waals surface area contributed by atoms with Gasteiger partial charge in [-0.15, -0.1) is 5.10 Å². The van der Waals surface area contributed by atoms with Crippen LogP contribution in [0.15, 0.2) is 47.1 Å². The molecule has 140 valence electrons. The molecule has 2 atom stereocenters. The molecule has 0 aromatic carbocycles. The second-order valence-corrected chi connectivity index (χ2v) is 7.52. The maximum atomic E-state index is 5.99. The topological polar surface area (TPSA) is 49.9 Å². The van der Waals surface area contributed by atoms with E-state index in [0.29, 0.717) is 11.8 Å². The van der Waals surface area contributed by atoms with Gasteiger partial charge in [-0.05, 0) is 57.1 Å². The van der Waals surface area contributed by atoms with Crippen LogP contribution >= 0.6 is 0 Å². The Morgan fingerprint density at radius 2 is 2.15 bits per heavy atom. The number of aromatic nitrogens is 2. The normalized spacial score (nSPS) is 21.5. The fourth-order valence-electron chi connectivity index (χ4n) is 3.57. The second-order valence-electron chi connectivity index (χ2n) is 7.52. The smallest absolute Gasteiger partial charge is 0.233 e. The number of nitrogens with one attached hydrogen (secondary N) is 2. The zero-order chi connectivity index (χ0) is 18.5. The quantitative estimate of drug-likeness (QED) is 0.740. The van der Waals surface area contributed by atoms with Gasteiger partial charge in [-0.25, -0.2) is 0 Å². The summed E-state index contributed by atoms with van der Waals surface area (Å²) in [5, 5.41) is 11.0. The second kappa shape index (κ2) is 8.54. The molecule has 1 aromatic rings. The van der Waals surface area contributed by atoms with Crippen LogP contribution in [0.5, 0.6) is 5.88 Å². The number of H-pyrrole nitrogens is 1. The van der Waals surface area contributed by atoms with E-state index in [1.807, 2.05) is 6.07 Å². The molecule has 1 aromatic heterocycles. The Labute approximate surface area is 157 Å². The zero-order valence-corrected chi connectivity index (χ0v) is 16.4. The molecule has 0 amide bonds. The van der Waals surface area contributed by atoms with Crippen molar-refractivity contribution in [2.75, 3.05) is 13.1 Å². The maximum Gasteiger partial charge on any atom is 0.233 e. The van der Waals surface area contributed by atoms with Crippen LogP contribution in [-0.4, -0.2) is 29.4 Å². The fourth-order valence-corrected chi connectivity index (χ4v) is 3.57. The molecule has 2 aliphatic carbocycles. The van der Waals surface area contributed by atoms with Gasteiger partial charge in [0, 0.05) is 24.7 Å². The first-order valence-corrected chi connectivity index (χ1v) is 9.71. The molecule has 0 bridgehead atoms. The first-order valence-electron chi connectivity index (χ1n) is 9.71. The lowest BCUT2D eigenvalue weighted by Gasteiger charge is -2.22. The van der Waals surface area contributed by atoms with Crippen molar-refractivity contribution in [2.45, 2.75) is 53.1 Å². The minimum Gasteiger partial charge on any atom is -0.472 e. The van der Waals surface area contributed by atoms with Gasteiger partial charge in [0.2, 0.25) is 5.88 Å². The largest absolute Gasteiger partial charge is 0.472 e. The molecule has 4 heteroatoms. The summed E-state index contributed by atoms with van der Waals surface area (Å²) < 4.78 is 5.99. The van der Waals surface area contributed by atoms with Crippen LogP contribution < -0.4 is 10.1 Å². The van der Waals surface area contributed by atoms with E-state index in [0.717, 1.165) is 38.0 Å². The van der Waals surface area contributed by atoms with Gasteiger partial charge in [-0.2, -0.15) is 0 Å². The van der Waals surface area contributed by atoms with Gasteiger partial charge in [-0.1, -0.05) is 36.8 Å². The third kappa shape index (κ3) is 4.55. The number of rotatable bonds is 7. The van der Waals surface area contributed by atoms with Crippen molar-refractivity contribution in [1.82, 2.24) is 15.5 Å². The van der Waals surface area contributed by atoms with Crippen LogP contribution in [-0.2, 0) is 0 Å². The van der Waals surface area contributed by atoms with Gasteiger partial charge in [0.05, 0.1) is 5.69 Å². The summed E-state index contributed by atoms with van der Waals surface area (Å²) in [4.78, 5) is 0. The van der Waals surface area contributed by atoms with Crippen molar-refractivity contribution in [3.05, 3.63) is 52.8 Å². The average molecular weight is 354 g/mol. The minimum absolute atomic E-state index is 0.0660. The lowest BCUT2D eigenvalue weighted by atomic mass is 9.84. The van der Waals surface area contributed by atoms with E-state index in [9.17, 15) is 0 Å². The Kier molecular flexibility index (Phi) is 6.15. The molecule has 3 rings (SSSR count). The zero-order valence-electron chi connectivity index (χ0n) is 16.4. The molecule has 1 heterocycles. The Morgan fingerprint density at radius 1 is 1.31 bits per heavy atom. The van der Waals surface area contributed by atoms with E-state index < -0.39 is 0 Å². The summed E-state index contributed by atoms with van der Waals surface area (Å²) in [6, 6.07) is 2.02. The molecular weight excluding hydrogens is 322 g/mol. The lowest BCUT2D eigenvalue weighted by Crippen LogP contribution is -2.30. The average Bonchev–Trinajstić information content (AvgIpc) is 3.07. The minimum atomic E-state index is 0.0660. The van der Waals surface area contributed by atoms with Gasteiger partial charge >= 0.3 is 0 Å². The third-order valence-electron chi connectivity index (χ3n) is 5.28. The van der Waals surface area contributed by atoms with E-state index >= 15 is 0 Å². The molecule has 2 N–H and O–H groups in total. The molecular formula is C22H31N3O. The van der Waals surface area contributed by atoms with Crippen molar-refractivity contribution >= 4 is 5.57 Å². The van der Waals surface area contributed by atoms with E-state index in [1.54, 1.807) is 0 Å². The Balaban J connectivity index is 1.55. The summed E-state index contributed by atoms with van der Waals surface area (Å²) in [7, 11) is 0. The molecule has 1 unspecified atom stereocenters. The van der Waals surface area contributed by atoms with E-state index in [-0.39, 0.29) is 6.10 Å². The van der Waals surface area contributed by atoms with Crippen LogP contribution in [0.3, 0.4) is 0 Å². The van der Waals surface area contributed by atoms with Crippen LogP contribution in [0, 0.1) is 5.92 Å². The van der Waals surface area contributed by atoms with Crippen molar-refractivity contribution in [3.8, 4) is 5.88 Å². The summed E-state index contributed by atoms with van der Waals surface area (Å²) in [6.07, 6.45) is 12.6. The highest BCUT2D eigenvalue weighted by Gasteiger charge is 2.19. The summed E-state index contributed by atoms with van der Waals surface area (Å²) in [6.45, 7) is 10.4. The molecule has 0 fully saturated rings. The first-order chi connectivity index (χ1) is 12.5. The van der Waals surface area contributed by atoms with Crippen LogP contribution in [0.1, 0.15) is 52.7 Å². The molecule has 2 aliphatic rings. The Hall–Kier alpha value is -2.07. The van der Waals surface area contributed by atoms with Gasteiger partial charge < -0.3 is 10.1 Å². The first kappa shape index (κ1) is 18.7. The predicted molar refractivity (Wildman–Crippen MR) is 108 cm³/mol. The fraction of sp³-hybridized carbons (Fsp3) is 0.500. The van der Waals surface area contributed by atoms with Gasteiger partial charge in [0.1, 0.15) is 6.10 Å². The highest BCUT2D eigenvalue weighted by Crippen LogP contribution is 2.35. The molecule has 0 aliphatic heterocycles. The monoisotopic (exact) mass is 353 g/mol. The summed E-state index contributed by atoms with van der Waals surface area (Å²) in [5.74, 6) is 1.24. The predicted octanol–water partition coefficient (Wildman–Crippen LogP) is 4.80. The molecule has 4 nitrogen and oxygen atoms in total. The molecule has 0 radical (unpaired) electrons. The lowest BCUT2D eigenvalue weighted by molar-refractivity contribution is 0.210. The number of nitrogens with zero attached hydrogens (tertiary/aromatic N) is 1. The van der Waals surface area contributed by atoms with E-state index in [1.165, 1.54) is 22.3 Å². The molecule has 0 saturated carbocycles. The summed E-state index contributed by atoms with van der Waals surface area (Å²) >= 11 is 0. The van der Waals surface area contributed by atoms with Crippen molar-refractivity contribution in [2.24, 2.45) is 5.92 Å². The molecule has 0 saturated heterocycles. The number of ether oxygens (including phenoxy) is 1. The van der Waals surface area contributed by atoms with Crippen molar-refractivity contribution in [1.29, 1.82) is 0 Å². The Morgan fingerprint density at radius 3 is 2.92 bits per heavy atom. The highest BCUT2D eigenvalue weighted by atomic mass is 16.5. The third-order valence-corrected chi connectivity index (χ3v) is 5.28. The number of hydrogen-bond acceptors (Lipinski definition) is 3. The SMILES string of the molecule is CC1=CC[C@H](C)C(C)=C1c1cc(OC(C)CNCC2=CCCC=C2)n[nH]1. The standard InChI is InChI=1S/C22H31N3O/c1-15-10-11-16(2)22(18(15)4)20-12-21(25-24-20)26-17(3)13-23-14-19-8-6-5-7-9-19/h6,8-9,11-12,15,17,23H,5,7,10,13-14H2,1-4H3,(H,24,25)/t15-,17?/m0/s1. The molecule has 0 spiro atoms. The van der Waals surface area contributed by atoms with Crippen LogP contribution in [0.4, 0.5) is 0 Å². The number of allylic oxidation sites excluding steroid dienone is 6. The molecule has 26 heavy (non-hydrogen) atoms. The van der Waals surface area contributed by atoms with Crippen molar-refractivity contribution < 1.29 is 4.74 Å². The van der Waals surface area contributed by atoms with Crippen molar-refractivity contribution in [3.63, 3.8) is 0 Å². The highest BCUT2D eigenvalue weighted by molar-refractivity contribution is 5.80. The number of aromatic amines is 1. The van der Waals surface area contributed by atoms with Crippen LogP contribution in [0.25, 0.3) is 5.57 Å². The Bertz CT molecular complexity index is 751. The van der Waals surface area contributed by atoms with E-state index in [4.69, 9.17) is 4.74 Å². The van der Waals surface area contributed by atoms with Crippen LogP contribution in [0.2, 0.25) is 0 Å². The number of hydrogen-bond donors (Lipinski definition) is 2. The van der Waals surface area contributed by atoms with E-state index in [2.05, 4.69) is 67.5 Å². The summed E-state index contributed by atoms with van der Waals surface area (Å²) in [5.41, 5.74) is 6.44. The van der Waals surface area contributed by atoms with Gasteiger partial charge in [0.15, 0.2) is 0 Å².